The molecule has 1 heterocycles. The third kappa shape index (κ3) is 3.26. The summed E-state index contributed by atoms with van der Waals surface area (Å²) in [7, 11) is 0. The van der Waals surface area contributed by atoms with Crippen LogP contribution in [0.25, 0.3) is 0 Å². The summed E-state index contributed by atoms with van der Waals surface area (Å²) in [5, 5.41) is 2.90. The standard InChI is InChI=1S/C17H24N2O2/c1-11(2)15(20)18-13-6-7-14-12(10-13)8-9-19(14)16(21)17(3,4)5/h6-7,10-11H,8-9H2,1-5H3,(H,18,20). The lowest BCUT2D eigenvalue weighted by Gasteiger charge is -2.26. The SMILES string of the molecule is CC(C)C(=O)Nc1ccc2c(c1)CCN2C(=O)C(C)(C)C. The topological polar surface area (TPSA) is 49.4 Å². The van der Waals surface area contributed by atoms with Crippen molar-refractivity contribution in [3.05, 3.63) is 23.8 Å². The minimum atomic E-state index is -0.383. The molecule has 0 fully saturated rings. The number of nitrogens with zero attached hydrogens (tertiary/aromatic N) is 1. The summed E-state index contributed by atoms with van der Waals surface area (Å²) in [4.78, 5) is 26.0. The maximum absolute atomic E-state index is 12.4. The minimum Gasteiger partial charge on any atom is -0.326 e. The number of benzene rings is 1. The maximum atomic E-state index is 12.4. The molecule has 1 aromatic rings. The Morgan fingerprint density at radius 2 is 1.90 bits per heavy atom. The van der Waals surface area contributed by atoms with Gasteiger partial charge in [0.15, 0.2) is 0 Å². The minimum absolute atomic E-state index is 0.00979. The number of carbonyl (C=O) groups is 2. The van der Waals surface area contributed by atoms with E-state index >= 15 is 0 Å². The Kier molecular flexibility index (Phi) is 4.08. The van der Waals surface area contributed by atoms with Crippen LogP contribution in [0, 0.1) is 11.3 Å². The normalized spacial score (nSPS) is 14.3. The lowest BCUT2D eigenvalue weighted by Crippen LogP contribution is -2.38. The number of amides is 2. The average Bonchev–Trinajstić information content (AvgIpc) is 2.79. The molecule has 1 aliphatic rings. The van der Waals surface area contributed by atoms with Gasteiger partial charge in [0.05, 0.1) is 0 Å². The van der Waals surface area contributed by atoms with Crippen molar-refractivity contribution in [3.63, 3.8) is 0 Å². The van der Waals surface area contributed by atoms with Crippen molar-refractivity contribution in [2.45, 2.75) is 41.0 Å². The quantitative estimate of drug-likeness (QED) is 0.908. The molecule has 2 amide bonds. The molecule has 1 N–H and O–H groups in total. The Morgan fingerprint density at radius 3 is 2.48 bits per heavy atom. The molecule has 2 rings (SSSR count). The number of anilines is 2. The van der Waals surface area contributed by atoms with Gasteiger partial charge < -0.3 is 10.2 Å². The van der Waals surface area contributed by atoms with Crippen molar-refractivity contribution in [2.75, 3.05) is 16.8 Å². The summed E-state index contributed by atoms with van der Waals surface area (Å²) in [5.74, 6) is 0.105. The van der Waals surface area contributed by atoms with E-state index in [-0.39, 0.29) is 23.1 Å². The zero-order valence-corrected chi connectivity index (χ0v) is 13.5. The molecule has 0 unspecified atom stereocenters. The van der Waals surface area contributed by atoms with Gasteiger partial charge in [-0.05, 0) is 30.2 Å². The molecule has 114 valence electrons. The number of rotatable bonds is 2. The highest BCUT2D eigenvalue weighted by atomic mass is 16.2. The van der Waals surface area contributed by atoms with E-state index in [2.05, 4.69) is 5.32 Å². The first-order valence-corrected chi connectivity index (χ1v) is 7.46. The second kappa shape index (κ2) is 5.51. The van der Waals surface area contributed by atoms with Gasteiger partial charge >= 0.3 is 0 Å². The van der Waals surface area contributed by atoms with Crippen LogP contribution in [0.2, 0.25) is 0 Å². The van der Waals surface area contributed by atoms with E-state index in [0.29, 0.717) is 6.54 Å². The molecule has 0 atom stereocenters. The molecule has 21 heavy (non-hydrogen) atoms. The molecule has 1 aromatic carbocycles. The van der Waals surface area contributed by atoms with Crippen molar-refractivity contribution in [3.8, 4) is 0 Å². The van der Waals surface area contributed by atoms with Crippen molar-refractivity contribution >= 4 is 23.2 Å². The Morgan fingerprint density at radius 1 is 1.24 bits per heavy atom. The smallest absolute Gasteiger partial charge is 0.232 e. The van der Waals surface area contributed by atoms with Gasteiger partial charge in [-0.15, -0.1) is 0 Å². The van der Waals surface area contributed by atoms with Crippen molar-refractivity contribution in [2.24, 2.45) is 11.3 Å². The Balaban J connectivity index is 2.21. The van der Waals surface area contributed by atoms with E-state index in [1.807, 2.05) is 57.7 Å². The van der Waals surface area contributed by atoms with Crippen molar-refractivity contribution in [1.29, 1.82) is 0 Å². The van der Waals surface area contributed by atoms with Crippen LogP contribution < -0.4 is 10.2 Å². The largest absolute Gasteiger partial charge is 0.326 e. The van der Waals surface area contributed by atoms with Gasteiger partial charge in [0.25, 0.3) is 0 Å². The monoisotopic (exact) mass is 288 g/mol. The fourth-order valence-corrected chi connectivity index (χ4v) is 2.38. The predicted octanol–water partition coefficient (Wildman–Crippen LogP) is 3.22. The third-order valence-corrected chi connectivity index (χ3v) is 3.65. The number of fused-ring (bicyclic) bond motifs is 1. The lowest BCUT2D eigenvalue weighted by molar-refractivity contribution is -0.125. The predicted molar refractivity (Wildman–Crippen MR) is 85.4 cm³/mol. The maximum Gasteiger partial charge on any atom is 0.232 e. The molecule has 0 aromatic heterocycles. The highest BCUT2D eigenvalue weighted by Crippen LogP contribution is 2.33. The van der Waals surface area contributed by atoms with Crippen LogP contribution in [0.4, 0.5) is 11.4 Å². The number of hydrogen-bond donors (Lipinski definition) is 1. The van der Waals surface area contributed by atoms with E-state index in [0.717, 1.165) is 23.4 Å². The molecule has 4 heteroatoms. The second-order valence-electron chi connectivity index (χ2n) is 6.94. The first kappa shape index (κ1) is 15.5. The number of nitrogens with one attached hydrogen (secondary N) is 1. The molecule has 4 nitrogen and oxygen atoms in total. The van der Waals surface area contributed by atoms with Gasteiger partial charge in [-0.25, -0.2) is 0 Å². The summed E-state index contributed by atoms with van der Waals surface area (Å²) in [6.07, 6.45) is 0.836. The molecule has 0 saturated heterocycles. The van der Waals surface area contributed by atoms with Gasteiger partial charge in [-0.1, -0.05) is 34.6 Å². The molecule has 0 aliphatic carbocycles. The molecule has 1 aliphatic heterocycles. The average molecular weight is 288 g/mol. The molecule has 0 saturated carbocycles. The third-order valence-electron chi connectivity index (χ3n) is 3.65. The van der Waals surface area contributed by atoms with Crippen LogP contribution in [0.1, 0.15) is 40.2 Å². The Hall–Kier alpha value is -1.84. The zero-order chi connectivity index (χ0) is 15.8. The molecular formula is C17H24N2O2. The highest BCUT2D eigenvalue weighted by molar-refractivity contribution is 5.99. The van der Waals surface area contributed by atoms with Gasteiger partial charge in [-0.3, -0.25) is 9.59 Å². The highest BCUT2D eigenvalue weighted by Gasteiger charge is 2.32. The molecule has 0 radical (unpaired) electrons. The summed E-state index contributed by atoms with van der Waals surface area (Å²) in [5.41, 5.74) is 2.51. The number of hydrogen-bond acceptors (Lipinski definition) is 2. The first-order valence-electron chi connectivity index (χ1n) is 7.46. The molecular weight excluding hydrogens is 264 g/mol. The van der Waals surface area contributed by atoms with Gasteiger partial charge in [0.2, 0.25) is 11.8 Å². The summed E-state index contributed by atoms with van der Waals surface area (Å²) in [6, 6.07) is 5.78. The van der Waals surface area contributed by atoms with Crippen LogP contribution in [-0.4, -0.2) is 18.4 Å². The summed E-state index contributed by atoms with van der Waals surface area (Å²) in [6.45, 7) is 10.3. The van der Waals surface area contributed by atoms with Gasteiger partial charge in [-0.2, -0.15) is 0 Å². The van der Waals surface area contributed by atoms with E-state index in [1.165, 1.54) is 0 Å². The van der Waals surface area contributed by atoms with Gasteiger partial charge in [0.1, 0.15) is 0 Å². The van der Waals surface area contributed by atoms with E-state index in [4.69, 9.17) is 0 Å². The zero-order valence-electron chi connectivity index (χ0n) is 13.5. The van der Waals surface area contributed by atoms with Crippen LogP contribution in [0.5, 0.6) is 0 Å². The van der Waals surface area contributed by atoms with E-state index in [9.17, 15) is 9.59 Å². The Labute approximate surface area is 126 Å². The van der Waals surface area contributed by atoms with Crippen LogP contribution in [-0.2, 0) is 16.0 Å². The van der Waals surface area contributed by atoms with Gasteiger partial charge in [0, 0.05) is 29.3 Å². The van der Waals surface area contributed by atoms with Crippen molar-refractivity contribution in [1.82, 2.24) is 0 Å². The number of carbonyl (C=O) groups excluding carboxylic acids is 2. The first-order chi connectivity index (χ1) is 9.70. The Bertz CT molecular complexity index is 571. The molecule has 0 bridgehead atoms. The summed E-state index contributed by atoms with van der Waals surface area (Å²) >= 11 is 0. The van der Waals surface area contributed by atoms with E-state index < -0.39 is 0 Å². The lowest BCUT2D eigenvalue weighted by atomic mass is 9.94. The van der Waals surface area contributed by atoms with Crippen LogP contribution in [0.3, 0.4) is 0 Å². The van der Waals surface area contributed by atoms with Crippen LogP contribution >= 0.6 is 0 Å². The van der Waals surface area contributed by atoms with Crippen molar-refractivity contribution < 1.29 is 9.59 Å². The summed E-state index contributed by atoms with van der Waals surface area (Å²) < 4.78 is 0. The fraction of sp³-hybridized carbons (Fsp3) is 0.529. The second-order valence-corrected chi connectivity index (χ2v) is 6.94. The fourth-order valence-electron chi connectivity index (χ4n) is 2.38. The molecule has 0 spiro atoms. The van der Waals surface area contributed by atoms with Crippen LogP contribution in [0.15, 0.2) is 18.2 Å². The van der Waals surface area contributed by atoms with E-state index in [1.54, 1.807) is 0 Å².